The largest absolute Gasteiger partial charge is 0.485 e. The molecule has 0 bridgehead atoms. The average molecular weight is 345 g/mol. The third-order valence-corrected chi connectivity index (χ3v) is 4.31. The Morgan fingerprint density at radius 1 is 1.32 bits per heavy atom. The predicted molar refractivity (Wildman–Crippen MR) is 90.2 cm³/mol. The van der Waals surface area contributed by atoms with Crippen LogP contribution in [0.2, 0.25) is 0 Å². The highest BCUT2D eigenvalue weighted by Gasteiger charge is 2.29. The summed E-state index contributed by atoms with van der Waals surface area (Å²) in [4.78, 5) is 17.5. The molecule has 0 radical (unpaired) electrons. The fourth-order valence-electron chi connectivity index (χ4n) is 3.21. The van der Waals surface area contributed by atoms with Gasteiger partial charge in [0.2, 0.25) is 11.7 Å². The Morgan fingerprint density at radius 2 is 2.08 bits per heavy atom. The maximum Gasteiger partial charge on any atom is 0.320 e. The zero-order valence-corrected chi connectivity index (χ0v) is 14.6. The number of hydrogen-bond acceptors (Lipinski definition) is 6. The van der Waals surface area contributed by atoms with Crippen molar-refractivity contribution >= 4 is 5.97 Å². The molecule has 0 spiro atoms. The zero-order chi connectivity index (χ0) is 17.8. The molecule has 3 rings (SSSR count). The normalized spacial score (nSPS) is 18.2. The summed E-state index contributed by atoms with van der Waals surface area (Å²) in [5.74, 6) is 0.855. The van der Waals surface area contributed by atoms with Crippen LogP contribution in [0, 0.1) is 13.8 Å². The number of nitrogens with zero attached hydrogens (tertiary/aromatic N) is 3. The molecule has 1 unspecified atom stereocenters. The lowest BCUT2D eigenvalue weighted by Crippen LogP contribution is -2.44. The van der Waals surface area contributed by atoms with Crippen molar-refractivity contribution in [3.05, 3.63) is 41.0 Å². The highest BCUT2D eigenvalue weighted by atomic mass is 16.5. The molecule has 0 saturated carbocycles. The second-order valence-corrected chi connectivity index (χ2v) is 6.54. The molecule has 1 aliphatic rings. The second-order valence-electron chi connectivity index (χ2n) is 6.54. The summed E-state index contributed by atoms with van der Waals surface area (Å²) >= 11 is 0. The molecule has 2 aromatic rings. The fourth-order valence-corrected chi connectivity index (χ4v) is 3.21. The summed E-state index contributed by atoms with van der Waals surface area (Å²) in [6.45, 7) is 5.34. The molecule has 134 valence electrons. The number of carbonyl (C=O) groups is 1. The lowest BCUT2D eigenvalue weighted by Gasteiger charge is -2.31. The maximum absolute atomic E-state index is 11.3. The smallest absolute Gasteiger partial charge is 0.320 e. The van der Waals surface area contributed by atoms with Gasteiger partial charge in [0.05, 0.1) is 6.54 Å². The summed E-state index contributed by atoms with van der Waals surface area (Å²) < 4.78 is 11.0. The maximum atomic E-state index is 11.3. The van der Waals surface area contributed by atoms with Crippen molar-refractivity contribution < 1.29 is 19.2 Å². The number of carboxylic acids is 1. The molecule has 1 aromatic carbocycles. The van der Waals surface area contributed by atoms with E-state index in [1.807, 2.05) is 30.9 Å². The van der Waals surface area contributed by atoms with Gasteiger partial charge in [-0.25, -0.2) is 0 Å². The van der Waals surface area contributed by atoms with Crippen LogP contribution in [0.4, 0.5) is 0 Å². The quantitative estimate of drug-likeness (QED) is 0.861. The predicted octanol–water partition coefficient (Wildman–Crippen LogP) is 2.70. The van der Waals surface area contributed by atoms with Gasteiger partial charge in [-0.15, -0.1) is 0 Å². The van der Waals surface area contributed by atoms with Crippen molar-refractivity contribution in [2.75, 3.05) is 6.54 Å². The molecule has 25 heavy (non-hydrogen) atoms. The van der Waals surface area contributed by atoms with Crippen molar-refractivity contribution in [2.24, 2.45) is 0 Å². The summed E-state index contributed by atoms with van der Waals surface area (Å²) in [5.41, 5.74) is 2.27. The van der Waals surface area contributed by atoms with Crippen LogP contribution in [0.25, 0.3) is 0 Å². The zero-order valence-electron chi connectivity index (χ0n) is 14.6. The van der Waals surface area contributed by atoms with Crippen LogP contribution >= 0.6 is 0 Å². The summed E-state index contributed by atoms with van der Waals surface area (Å²) in [6.07, 6.45) is 2.58. The van der Waals surface area contributed by atoms with Crippen molar-refractivity contribution in [3.63, 3.8) is 0 Å². The van der Waals surface area contributed by atoms with Gasteiger partial charge in [0, 0.05) is 0 Å². The van der Waals surface area contributed by atoms with E-state index in [4.69, 9.17) is 9.26 Å². The summed E-state index contributed by atoms with van der Waals surface area (Å²) in [6, 6.07) is 5.52. The highest BCUT2D eigenvalue weighted by molar-refractivity contribution is 5.73. The number of rotatable bonds is 6. The Balaban J connectivity index is 1.59. The van der Waals surface area contributed by atoms with E-state index in [9.17, 15) is 9.90 Å². The Morgan fingerprint density at radius 3 is 2.80 bits per heavy atom. The molecular weight excluding hydrogens is 322 g/mol. The van der Waals surface area contributed by atoms with Crippen molar-refractivity contribution in [2.45, 2.75) is 52.3 Å². The Bertz CT molecular complexity index is 723. The van der Waals surface area contributed by atoms with Gasteiger partial charge in [0.25, 0.3) is 0 Å². The van der Waals surface area contributed by atoms with E-state index in [1.165, 1.54) is 0 Å². The fraction of sp³-hybridized carbons (Fsp3) is 0.500. The average Bonchev–Trinajstić information content (AvgIpc) is 3.00. The number of aryl methyl sites for hydroxylation is 2. The second kappa shape index (κ2) is 7.65. The lowest BCUT2D eigenvalue weighted by atomic mass is 10.0. The molecule has 1 saturated heterocycles. The molecule has 2 heterocycles. The molecule has 0 aliphatic carbocycles. The van der Waals surface area contributed by atoms with Gasteiger partial charge >= 0.3 is 5.97 Å². The van der Waals surface area contributed by atoms with Gasteiger partial charge in [0.15, 0.2) is 6.61 Å². The molecule has 1 aliphatic heterocycles. The summed E-state index contributed by atoms with van der Waals surface area (Å²) in [7, 11) is 0. The van der Waals surface area contributed by atoms with Crippen LogP contribution in [0.15, 0.2) is 22.7 Å². The van der Waals surface area contributed by atoms with E-state index in [0.29, 0.717) is 24.7 Å². The molecule has 1 fully saturated rings. The molecular formula is C18H23N3O4. The van der Waals surface area contributed by atoms with Gasteiger partial charge in [-0.05, 0) is 56.5 Å². The lowest BCUT2D eigenvalue weighted by molar-refractivity contribution is -0.145. The first-order chi connectivity index (χ1) is 12.0. The van der Waals surface area contributed by atoms with E-state index in [-0.39, 0.29) is 6.61 Å². The first-order valence-corrected chi connectivity index (χ1v) is 8.50. The SMILES string of the molecule is Cc1cc(C)cc(OCc2noc(CN3CCCCC3C(=O)O)n2)c1. The topological polar surface area (TPSA) is 88.7 Å². The van der Waals surface area contributed by atoms with Crippen LogP contribution in [-0.4, -0.2) is 38.7 Å². The Kier molecular flexibility index (Phi) is 5.33. The van der Waals surface area contributed by atoms with Crippen molar-refractivity contribution in [3.8, 4) is 5.75 Å². The van der Waals surface area contributed by atoms with Crippen LogP contribution in [0.1, 0.15) is 42.1 Å². The molecule has 7 heteroatoms. The first-order valence-electron chi connectivity index (χ1n) is 8.50. The number of aromatic nitrogens is 2. The van der Waals surface area contributed by atoms with Crippen LogP contribution in [0.5, 0.6) is 5.75 Å². The number of likely N-dealkylation sites (tertiary alicyclic amines) is 1. The third kappa shape index (κ3) is 4.57. The van der Waals surface area contributed by atoms with Gasteiger partial charge in [-0.3, -0.25) is 9.69 Å². The van der Waals surface area contributed by atoms with Gasteiger partial charge in [-0.2, -0.15) is 4.98 Å². The van der Waals surface area contributed by atoms with Crippen LogP contribution < -0.4 is 4.74 Å². The number of ether oxygens (including phenoxy) is 1. The van der Waals surface area contributed by atoms with E-state index in [2.05, 4.69) is 16.2 Å². The molecule has 1 aromatic heterocycles. The van der Waals surface area contributed by atoms with Gasteiger partial charge in [-0.1, -0.05) is 17.6 Å². The number of piperidine rings is 1. The van der Waals surface area contributed by atoms with E-state index in [0.717, 1.165) is 36.3 Å². The number of hydrogen-bond donors (Lipinski definition) is 1. The van der Waals surface area contributed by atoms with E-state index in [1.54, 1.807) is 0 Å². The minimum absolute atomic E-state index is 0.217. The number of aliphatic carboxylic acids is 1. The Labute approximate surface area is 146 Å². The third-order valence-electron chi connectivity index (χ3n) is 4.31. The van der Waals surface area contributed by atoms with Crippen molar-refractivity contribution in [1.82, 2.24) is 15.0 Å². The van der Waals surface area contributed by atoms with Crippen LogP contribution in [-0.2, 0) is 17.9 Å². The van der Waals surface area contributed by atoms with Crippen LogP contribution in [0.3, 0.4) is 0 Å². The van der Waals surface area contributed by atoms with E-state index < -0.39 is 12.0 Å². The molecule has 1 N–H and O–H groups in total. The molecule has 1 atom stereocenters. The first kappa shape index (κ1) is 17.4. The minimum Gasteiger partial charge on any atom is -0.485 e. The van der Waals surface area contributed by atoms with E-state index >= 15 is 0 Å². The number of benzene rings is 1. The monoisotopic (exact) mass is 345 g/mol. The standard InChI is InChI=1S/C18H23N3O4/c1-12-7-13(2)9-14(8-12)24-11-16-19-17(25-20-16)10-21-6-4-3-5-15(21)18(22)23/h7-9,15H,3-6,10-11H2,1-2H3,(H,22,23). The van der Waals surface area contributed by atoms with Crippen molar-refractivity contribution in [1.29, 1.82) is 0 Å². The number of carboxylic acid groups (broad SMARTS) is 1. The molecule has 0 amide bonds. The highest BCUT2D eigenvalue weighted by Crippen LogP contribution is 2.20. The van der Waals surface area contributed by atoms with Gasteiger partial charge < -0.3 is 14.4 Å². The van der Waals surface area contributed by atoms with Gasteiger partial charge in [0.1, 0.15) is 11.8 Å². The Hall–Kier alpha value is -2.41. The summed E-state index contributed by atoms with van der Waals surface area (Å²) in [5, 5.41) is 13.2. The minimum atomic E-state index is -0.794. The molecule has 7 nitrogen and oxygen atoms in total.